The number of hydroxylamine groups is 2. The van der Waals surface area contributed by atoms with Crippen molar-refractivity contribution in [3.05, 3.63) is 170 Å². The molecule has 5 saturated heterocycles. The number of ether oxygens (including phenoxy) is 1. The van der Waals surface area contributed by atoms with Gasteiger partial charge in [-0.15, -0.1) is 5.06 Å². The number of amides is 2. The van der Waals surface area contributed by atoms with Crippen molar-refractivity contribution in [1.82, 2.24) is 5.06 Å². The molecule has 0 unspecified atom stereocenters. The van der Waals surface area contributed by atoms with Crippen molar-refractivity contribution >= 4 is 96.7 Å². The molecule has 4 aromatic rings. The molecule has 13 rings (SSSR count). The second-order valence-corrected chi connectivity index (χ2v) is 31.2. The average molecular weight is 1090 g/mol. The van der Waals surface area contributed by atoms with Gasteiger partial charge < -0.3 is 39.2 Å². The Labute approximate surface area is 459 Å². The summed E-state index contributed by atoms with van der Waals surface area (Å²) in [5.41, 5.74) is 11.2. The van der Waals surface area contributed by atoms with Crippen LogP contribution in [0.1, 0.15) is 91.9 Å². The molecule has 400 valence electrons. The van der Waals surface area contributed by atoms with Crippen molar-refractivity contribution in [1.29, 1.82) is 0 Å². The summed E-state index contributed by atoms with van der Waals surface area (Å²) in [5, 5.41) is 30.2. The Bertz CT molecular complexity index is 3670. The number of imide groups is 1. The van der Waals surface area contributed by atoms with Gasteiger partial charge >= 0.3 is 5.97 Å². The highest BCUT2D eigenvalue weighted by Gasteiger charge is 2.44. The molecule has 17 heteroatoms. The molecule has 0 atom stereocenters. The van der Waals surface area contributed by atoms with Crippen LogP contribution in [0.5, 0.6) is 5.75 Å². The van der Waals surface area contributed by atoms with Crippen LogP contribution < -0.4 is 35.1 Å². The summed E-state index contributed by atoms with van der Waals surface area (Å²) in [6, 6.07) is 21.8. The third-order valence-electron chi connectivity index (χ3n) is 17.3. The standard InChI is InChI=1S/C33H31N3O6Si.C29H28N2O4Si/c1-43(2)27-18-21(34-13-3-14-34)6-9-24(27)31(25-10-7-22(19-28(25)43)35-15-4-16-35)26-17-20(5-8-23(26)32(39)40)33(41)42-36-29(37)11-12-30(36)38;1-36(2)26-15-19(30-11-3-12-30)5-8-23(26)28(24-9-6-20(16-27(24)36)31-13-4-14-31)25-17-21(35-18-32)7-10-22(25)29(33)34/h5-10,17-19H,3-4,11-16H2,1-2H3;5-10,15-18H,3-4,11-14H2,1-2H3. The Morgan fingerprint density at radius 2 is 1.04 bits per heavy atom. The Hall–Kier alpha value is -8.29. The van der Waals surface area contributed by atoms with Crippen LogP contribution in [0.4, 0.5) is 11.4 Å². The SMILES string of the molecule is C[Si]1(C)C2=CC(=[N+]3CCC3)C=CC2=C(c2cc(C(=O)ON3C(=O)CCC3=O)ccc2C(=O)[O-])c2ccc(N3CCC3)cc21.C[Si]1(C)C2=CC(=[N+]3CCC3)C=CC2=C(c2cc(OC=O)ccc2C(=O)[O-])c2ccc(N3CCC3)cc21. The van der Waals surface area contributed by atoms with Crippen molar-refractivity contribution in [3.8, 4) is 5.75 Å². The third kappa shape index (κ3) is 8.88. The highest BCUT2D eigenvalue weighted by atomic mass is 28.3. The molecule has 0 spiro atoms. The molecule has 4 aromatic carbocycles. The van der Waals surface area contributed by atoms with Gasteiger partial charge in [0.1, 0.15) is 48.1 Å². The van der Waals surface area contributed by atoms with E-state index < -0.39 is 45.9 Å². The van der Waals surface area contributed by atoms with Crippen molar-refractivity contribution in [2.24, 2.45) is 0 Å². The summed E-state index contributed by atoms with van der Waals surface area (Å²) in [6.45, 7) is 18.1. The summed E-state index contributed by atoms with van der Waals surface area (Å²) < 4.78 is 9.86. The molecule has 0 saturated carbocycles. The fourth-order valence-electron chi connectivity index (χ4n) is 12.2. The number of benzene rings is 4. The topological polar surface area (TPSA) is 183 Å². The minimum atomic E-state index is -2.27. The lowest BCUT2D eigenvalue weighted by molar-refractivity contribution is -0.582. The van der Waals surface area contributed by atoms with Gasteiger partial charge in [0.25, 0.3) is 18.3 Å². The Morgan fingerprint density at radius 1 is 0.570 bits per heavy atom. The Kier molecular flexibility index (Phi) is 12.9. The van der Waals surface area contributed by atoms with E-state index in [-0.39, 0.29) is 29.5 Å². The predicted octanol–water partition coefficient (Wildman–Crippen LogP) is 4.52. The number of fused-ring (bicyclic) bond motifs is 4. The first kappa shape index (κ1) is 51.5. The quantitative estimate of drug-likeness (QED) is 0.0939. The number of anilines is 2. The number of rotatable bonds is 10. The second kappa shape index (κ2) is 19.9. The van der Waals surface area contributed by atoms with E-state index in [1.807, 2.05) is 0 Å². The van der Waals surface area contributed by atoms with Crippen LogP contribution in [0.25, 0.3) is 11.1 Å². The lowest BCUT2D eigenvalue weighted by atomic mass is 9.86. The summed E-state index contributed by atoms with van der Waals surface area (Å²) in [5.74, 6) is -4.41. The first-order valence-electron chi connectivity index (χ1n) is 27.2. The van der Waals surface area contributed by atoms with E-state index in [0.717, 1.165) is 104 Å². The summed E-state index contributed by atoms with van der Waals surface area (Å²) in [6.07, 6.45) is 17.7. The second-order valence-electron chi connectivity index (χ2n) is 22.5. The molecule has 7 heterocycles. The summed E-state index contributed by atoms with van der Waals surface area (Å²) in [4.78, 5) is 83.1. The predicted molar refractivity (Wildman–Crippen MR) is 301 cm³/mol. The van der Waals surface area contributed by atoms with Crippen LogP contribution in [-0.4, -0.2) is 130 Å². The third-order valence-corrected chi connectivity index (χ3v) is 24.3. The van der Waals surface area contributed by atoms with Gasteiger partial charge in [0, 0.05) is 85.8 Å². The highest BCUT2D eigenvalue weighted by molar-refractivity contribution is 6.98. The molecule has 9 aliphatic rings. The van der Waals surface area contributed by atoms with Crippen molar-refractivity contribution in [2.45, 2.75) is 64.7 Å². The minimum Gasteiger partial charge on any atom is -0.545 e. The first-order valence-corrected chi connectivity index (χ1v) is 33.2. The number of nitrogens with zero attached hydrogens (tertiary/aromatic N) is 5. The number of aromatic carboxylic acids is 2. The molecule has 79 heavy (non-hydrogen) atoms. The van der Waals surface area contributed by atoms with Gasteiger partial charge in [-0.1, -0.05) is 44.4 Å². The van der Waals surface area contributed by atoms with E-state index in [9.17, 15) is 39.0 Å². The molecule has 0 aromatic heterocycles. The van der Waals surface area contributed by atoms with Gasteiger partial charge in [0.2, 0.25) is 0 Å². The van der Waals surface area contributed by atoms with E-state index >= 15 is 0 Å². The number of hydrogen-bond acceptors (Lipinski definition) is 12. The Balaban J connectivity index is 0.000000160. The van der Waals surface area contributed by atoms with E-state index in [4.69, 9.17) is 9.57 Å². The molecule has 7 aliphatic heterocycles. The van der Waals surface area contributed by atoms with Crippen LogP contribution in [0.3, 0.4) is 0 Å². The number of carboxylic acid groups (broad SMARTS) is 2. The van der Waals surface area contributed by atoms with E-state index in [2.05, 4.69) is 118 Å². The molecule has 0 radical (unpaired) electrons. The minimum absolute atomic E-state index is 0.0228. The van der Waals surface area contributed by atoms with Gasteiger partial charge in [0.05, 0.1) is 30.3 Å². The fraction of sp³-hybridized carbons (Fsp3) is 0.290. The van der Waals surface area contributed by atoms with Gasteiger partial charge in [-0.3, -0.25) is 14.4 Å². The largest absolute Gasteiger partial charge is 0.545 e. The van der Waals surface area contributed by atoms with Gasteiger partial charge in [0.15, 0.2) is 11.4 Å². The number of carbonyl (C=O) groups is 6. The molecular weight excluding hydrogens is 1030 g/mol. The highest BCUT2D eigenvalue weighted by Crippen LogP contribution is 2.46. The monoisotopic (exact) mass is 1090 g/mol. The molecule has 2 amide bonds. The van der Waals surface area contributed by atoms with E-state index in [1.54, 1.807) is 6.07 Å². The number of hydrogen-bond donors (Lipinski definition) is 0. The van der Waals surface area contributed by atoms with Crippen molar-refractivity contribution in [2.75, 3.05) is 62.2 Å². The zero-order valence-electron chi connectivity index (χ0n) is 44.7. The van der Waals surface area contributed by atoms with Crippen molar-refractivity contribution in [3.63, 3.8) is 0 Å². The van der Waals surface area contributed by atoms with Crippen molar-refractivity contribution < 1.29 is 57.7 Å². The average Bonchev–Trinajstić information content (AvgIpc) is 3.15. The normalized spacial score (nSPS) is 20.0. The van der Waals surface area contributed by atoms with Gasteiger partial charge in [-0.05, 0) is 145 Å². The maximum Gasteiger partial charge on any atom is 0.363 e. The lowest BCUT2D eigenvalue weighted by Gasteiger charge is -2.40. The molecule has 5 fully saturated rings. The smallest absolute Gasteiger partial charge is 0.363 e. The summed E-state index contributed by atoms with van der Waals surface area (Å²) in [7, 11) is -4.41. The fourth-order valence-corrected chi connectivity index (χ4v) is 18.3. The molecule has 2 aliphatic carbocycles. The van der Waals surface area contributed by atoms with Gasteiger partial charge in [-0.2, -0.15) is 0 Å². The molecule has 0 N–H and O–H groups in total. The van der Waals surface area contributed by atoms with Crippen LogP contribution in [0.2, 0.25) is 26.2 Å². The van der Waals surface area contributed by atoms with E-state index in [1.165, 1.54) is 75.3 Å². The van der Waals surface area contributed by atoms with Gasteiger partial charge in [-0.25, -0.2) is 13.9 Å². The van der Waals surface area contributed by atoms with Crippen LogP contribution in [0, 0.1) is 0 Å². The summed E-state index contributed by atoms with van der Waals surface area (Å²) >= 11 is 0. The maximum atomic E-state index is 13.2. The van der Waals surface area contributed by atoms with E-state index in [0.29, 0.717) is 34.0 Å². The number of carbonyl (C=O) groups excluding carboxylic acids is 6. The van der Waals surface area contributed by atoms with Crippen LogP contribution in [-0.2, 0) is 19.2 Å². The lowest BCUT2D eigenvalue weighted by Crippen LogP contribution is -2.50. The molecule has 0 bridgehead atoms. The zero-order chi connectivity index (χ0) is 55.1. The zero-order valence-corrected chi connectivity index (χ0v) is 46.7. The first-order chi connectivity index (χ1) is 38.0. The molecular formula is C62H59N5O10Si2. The number of allylic oxidation sites excluding steroid dienone is 10. The van der Waals surface area contributed by atoms with Crippen LogP contribution in [0.15, 0.2) is 131 Å². The molecule has 15 nitrogen and oxygen atoms in total. The Morgan fingerprint density at radius 3 is 1.46 bits per heavy atom. The van der Waals surface area contributed by atoms with Crippen LogP contribution >= 0.6 is 0 Å². The maximum absolute atomic E-state index is 13.2. The number of carboxylic acids is 2.